The Morgan fingerprint density at radius 2 is 1.88 bits per heavy atom. The predicted molar refractivity (Wildman–Crippen MR) is 97.0 cm³/mol. The number of urea groups is 1. The largest absolute Gasteiger partial charge is 0.508 e. The molecular weight excluding hydrogens is 330 g/mol. The average Bonchev–Trinajstić information content (AvgIpc) is 3.12. The third-order valence-corrected chi connectivity index (χ3v) is 5.42. The highest BCUT2D eigenvalue weighted by Gasteiger charge is 2.51. The highest BCUT2D eigenvalue weighted by atomic mass is 16.3. The summed E-state index contributed by atoms with van der Waals surface area (Å²) in [5.74, 6) is -0.0117. The Bertz CT molecular complexity index is 1060. The van der Waals surface area contributed by atoms with E-state index < -0.39 is 6.04 Å². The van der Waals surface area contributed by atoms with Crippen LogP contribution in [0.3, 0.4) is 0 Å². The van der Waals surface area contributed by atoms with E-state index in [2.05, 4.69) is 4.98 Å². The number of imide groups is 1. The summed E-state index contributed by atoms with van der Waals surface area (Å²) >= 11 is 0. The van der Waals surface area contributed by atoms with Crippen molar-refractivity contribution in [2.75, 3.05) is 4.90 Å². The number of aromatic amines is 1. The zero-order valence-electron chi connectivity index (χ0n) is 14.1. The number of para-hydroxylation sites is 1. The number of aromatic hydroxyl groups is 1. The van der Waals surface area contributed by atoms with Gasteiger partial charge in [0.15, 0.2) is 0 Å². The quantitative estimate of drug-likeness (QED) is 0.663. The molecule has 26 heavy (non-hydrogen) atoms. The van der Waals surface area contributed by atoms with Crippen molar-refractivity contribution >= 4 is 28.5 Å². The predicted octanol–water partition coefficient (Wildman–Crippen LogP) is 3.33. The van der Waals surface area contributed by atoms with Gasteiger partial charge in [0, 0.05) is 23.0 Å². The number of anilines is 1. The smallest absolute Gasteiger partial charge is 0.332 e. The third-order valence-electron chi connectivity index (χ3n) is 5.42. The molecule has 2 atom stereocenters. The molecule has 3 aromatic rings. The lowest BCUT2D eigenvalue weighted by Crippen LogP contribution is -2.42. The van der Waals surface area contributed by atoms with Crippen LogP contribution < -0.4 is 4.90 Å². The van der Waals surface area contributed by atoms with Crippen LogP contribution >= 0.6 is 0 Å². The number of phenolic OH excluding ortho intramolecular Hbond substituents is 1. The van der Waals surface area contributed by atoms with E-state index >= 15 is 0 Å². The van der Waals surface area contributed by atoms with Gasteiger partial charge in [0.1, 0.15) is 11.8 Å². The minimum Gasteiger partial charge on any atom is -0.508 e. The van der Waals surface area contributed by atoms with E-state index in [-0.39, 0.29) is 23.7 Å². The minimum absolute atomic E-state index is 0.189. The van der Waals surface area contributed by atoms with Crippen molar-refractivity contribution in [3.63, 3.8) is 0 Å². The van der Waals surface area contributed by atoms with Crippen molar-refractivity contribution < 1.29 is 14.7 Å². The molecule has 5 rings (SSSR count). The Hall–Kier alpha value is -3.28. The van der Waals surface area contributed by atoms with E-state index in [1.54, 1.807) is 29.2 Å². The van der Waals surface area contributed by atoms with Gasteiger partial charge in [-0.15, -0.1) is 0 Å². The Balaban J connectivity index is 1.62. The molecule has 2 aromatic carbocycles. The Morgan fingerprint density at radius 1 is 1.12 bits per heavy atom. The summed E-state index contributed by atoms with van der Waals surface area (Å²) in [5, 5.41) is 10.7. The van der Waals surface area contributed by atoms with Gasteiger partial charge in [-0.3, -0.25) is 4.79 Å². The summed E-state index contributed by atoms with van der Waals surface area (Å²) in [6.45, 7) is 1.93. The molecule has 1 aromatic heterocycles. The molecule has 0 aliphatic carbocycles. The lowest BCUT2D eigenvalue weighted by atomic mass is 9.93. The molecule has 6 heteroatoms. The Kier molecular flexibility index (Phi) is 2.95. The molecule has 0 radical (unpaired) electrons. The monoisotopic (exact) mass is 347 g/mol. The first kappa shape index (κ1) is 15.0. The van der Waals surface area contributed by atoms with E-state index in [9.17, 15) is 14.7 Å². The molecule has 2 unspecified atom stereocenters. The molecule has 2 aliphatic heterocycles. The molecule has 0 spiro atoms. The number of hydrogen-bond donors (Lipinski definition) is 2. The highest BCUT2D eigenvalue weighted by Crippen LogP contribution is 2.42. The second-order valence-electron chi connectivity index (χ2n) is 6.84. The molecule has 1 saturated heterocycles. The maximum atomic E-state index is 13.0. The summed E-state index contributed by atoms with van der Waals surface area (Å²) in [7, 11) is 0. The number of amides is 3. The van der Waals surface area contributed by atoms with Gasteiger partial charge in [-0.05, 0) is 42.8 Å². The van der Waals surface area contributed by atoms with Crippen molar-refractivity contribution in [2.24, 2.45) is 0 Å². The third kappa shape index (κ3) is 1.87. The van der Waals surface area contributed by atoms with E-state index in [1.165, 1.54) is 4.90 Å². The van der Waals surface area contributed by atoms with Crippen LogP contribution in [0.15, 0.2) is 48.5 Å². The first-order valence-electron chi connectivity index (χ1n) is 8.61. The van der Waals surface area contributed by atoms with Crippen LogP contribution in [0.1, 0.15) is 24.2 Å². The minimum atomic E-state index is -0.522. The van der Waals surface area contributed by atoms with Crippen LogP contribution in [0, 0.1) is 0 Å². The fourth-order valence-electron chi connectivity index (χ4n) is 4.21. The lowest BCUT2D eigenvalue weighted by molar-refractivity contribution is -0.120. The normalized spacial score (nSPS) is 22.0. The average molecular weight is 347 g/mol. The second kappa shape index (κ2) is 5.11. The van der Waals surface area contributed by atoms with Crippen LogP contribution in [0.4, 0.5) is 10.5 Å². The number of aromatic nitrogens is 1. The second-order valence-corrected chi connectivity index (χ2v) is 6.84. The molecule has 3 amide bonds. The number of nitrogens with one attached hydrogen (secondary N) is 1. The highest BCUT2D eigenvalue weighted by molar-refractivity contribution is 6.21. The molecular formula is C20H17N3O3. The van der Waals surface area contributed by atoms with Crippen LogP contribution in [-0.2, 0) is 11.2 Å². The SMILES string of the molecule is CC1c2[nH]c3ccc(O)cc3c2CC2C(=O)N(c3ccccc3)C(=O)N21. The molecule has 2 aliphatic rings. The summed E-state index contributed by atoms with van der Waals surface area (Å²) in [6.07, 6.45) is 0.442. The fraction of sp³-hybridized carbons (Fsp3) is 0.200. The molecule has 130 valence electrons. The summed E-state index contributed by atoms with van der Waals surface area (Å²) in [5.41, 5.74) is 3.43. The number of phenols is 1. The number of hydrogen-bond acceptors (Lipinski definition) is 3. The van der Waals surface area contributed by atoms with E-state index in [0.717, 1.165) is 22.2 Å². The van der Waals surface area contributed by atoms with Crippen LogP contribution in [0.2, 0.25) is 0 Å². The molecule has 2 N–H and O–H groups in total. The van der Waals surface area contributed by atoms with Crippen molar-refractivity contribution in [1.29, 1.82) is 0 Å². The van der Waals surface area contributed by atoms with E-state index in [0.29, 0.717) is 12.1 Å². The molecule has 0 bridgehead atoms. The number of carbonyl (C=O) groups excluding carboxylic acids is 2. The van der Waals surface area contributed by atoms with Gasteiger partial charge in [0.2, 0.25) is 0 Å². The summed E-state index contributed by atoms with van der Waals surface area (Å²) < 4.78 is 0. The molecule has 0 saturated carbocycles. The number of carbonyl (C=O) groups is 2. The van der Waals surface area contributed by atoms with Gasteiger partial charge in [-0.25, -0.2) is 9.69 Å². The zero-order valence-corrected chi connectivity index (χ0v) is 14.1. The van der Waals surface area contributed by atoms with Gasteiger partial charge in [0.25, 0.3) is 5.91 Å². The fourth-order valence-corrected chi connectivity index (χ4v) is 4.21. The van der Waals surface area contributed by atoms with Gasteiger partial charge < -0.3 is 15.0 Å². The first-order chi connectivity index (χ1) is 12.6. The number of rotatable bonds is 1. The maximum absolute atomic E-state index is 13.0. The summed E-state index contributed by atoms with van der Waals surface area (Å²) in [6, 6.07) is 13.1. The Labute approximate surface area is 149 Å². The number of benzene rings is 2. The maximum Gasteiger partial charge on any atom is 0.332 e. The first-order valence-corrected chi connectivity index (χ1v) is 8.61. The van der Waals surface area contributed by atoms with E-state index in [1.807, 2.05) is 31.2 Å². The van der Waals surface area contributed by atoms with Crippen LogP contribution in [0.5, 0.6) is 5.75 Å². The number of nitrogens with zero attached hydrogens (tertiary/aromatic N) is 2. The van der Waals surface area contributed by atoms with Crippen molar-refractivity contribution in [3.05, 3.63) is 59.8 Å². The van der Waals surface area contributed by atoms with Crippen molar-refractivity contribution in [2.45, 2.75) is 25.4 Å². The molecule has 6 nitrogen and oxygen atoms in total. The number of H-pyrrole nitrogens is 1. The number of fused-ring (bicyclic) bond motifs is 4. The lowest BCUT2D eigenvalue weighted by Gasteiger charge is -2.33. The van der Waals surface area contributed by atoms with Crippen LogP contribution in [0.25, 0.3) is 10.9 Å². The Morgan fingerprint density at radius 3 is 2.65 bits per heavy atom. The van der Waals surface area contributed by atoms with Crippen LogP contribution in [-0.4, -0.2) is 33.0 Å². The van der Waals surface area contributed by atoms with Gasteiger partial charge in [-0.1, -0.05) is 18.2 Å². The van der Waals surface area contributed by atoms with Gasteiger partial charge in [-0.2, -0.15) is 0 Å². The molecule has 1 fully saturated rings. The summed E-state index contributed by atoms with van der Waals surface area (Å²) in [4.78, 5) is 32.3. The van der Waals surface area contributed by atoms with Crippen molar-refractivity contribution in [3.8, 4) is 5.75 Å². The van der Waals surface area contributed by atoms with Gasteiger partial charge in [0.05, 0.1) is 11.7 Å². The van der Waals surface area contributed by atoms with Gasteiger partial charge >= 0.3 is 6.03 Å². The van der Waals surface area contributed by atoms with E-state index in [4.69, 9.17) is 0 Å². The van der Waals surface area contributed by atoms with Crippen molar-refractivity contribution in [1.82, 2.24) is 9.88 Å². The molecule has 3 heterocycles. The zero-order chi connectivity index (χ0) is 18.0. The topological polar surface area (TPSA) is 76.6 Å². The standard InChI is InChI=1S/C20H17N3O3/c1-11-18-15(14-9-13(24)7-8-16(14)21-18)10-17-19(25)23(20(26)22(11)17)12-5-3-2-4-6-12/h2-9,11,17,21,24H,10H2,1H3.